The van der Waals surface area contributed by atoms with Crippen molar-refractivity contribution < 1.29 is 4.74 Å². The van der Waals surface area contributed by atoms with Gasteiger partial charge in [-0.3, -0.25) is 4.57 Å². The van der Waals surface area contributed by atoms with Crippen LogP contribution in [0.5, 0.6) is 0 Å². The summed E-state index contributed by atoms with van der Waals surface area (Å²) in [6, 6.07) is 0. The first kappa shape index (κ1) is 19.0. The molecule has 4 atom stereocenters. The average molecular weight is 335 g/mol. The lowest BCUT2D eigenvalue weighted by molar-refractivity contribution is -0.0665. The van der Waals surface area contributed by atoms with Gasteiger partial charge in [0.1, 0.15) is 12.0 Å². The first-order valence-corrected chi connectivity index (χ1v) is 8.83. The Labute approximate surface area is 145 Å². The predicted molar refractivity (Wildman–Crippen MR) is 97.7 cm³/mol. The van der Waals surface area contributed by atoms with Crippen LogP contribution in [0.2, 0.25) is 0 Å². The maximum Gasteiger partial charge on any atom is 0.351 e. The molecule has 1 aliphatic heterocycles. The molecule has 1 aromatic rings. The monoisotopic (exact) mass is 335 g/mol. The Kier molecular flexibility index (Phi) is 4.88. The zero-order chi connectivity index (χ0) is 18.4. The van der Waals surface area contributed by atoms with E-state index in [9.17, 15) is 4.79 Å². The minimum absolute atomic E-state index is 0.110. The molecule has 2 N–H and O–H groups in total. The number of nitrogen functional groups attached to an aromatic ring is 1. The van der Waals surface area contributed by atoms with Gasteiger partial charge in [-0.15, -0.1) is 0 Å². The van der Waals surface area contributed by atoms with E-state index in [0.717, 1.165) is 12.0 Å². The summed E-state index contributed by atoms with van der Waals surface area (Å²) in [5.74, 6) is 1.05. The highest BCUT2D eigenvalue weighted by Gasteiger charge is 2.47. The molecule has 0 aliphatic carbocycles. The van der Waals surface area contributed by atoms with Crippen LogP contribution in [0.4, 0.5) is 5.82 Å². The SMILES string of the molecule is Cc1cn([C@H]2C[C@@H](C(C)(C)C)[C@@H]([C@@H](C)C(C)(C)C)O2)c(=O)nc1N. The molecule has 0 amide bonds. The molecule has 0 aromatic carbocycles. The molecule has 1 aliphatic rings. The van der Waals surface area contributed by atoms with Gasteiger partial charge < -0.3 is 10.5 Å². The number of hydrogen-bond acceptors (Lipinski definition) is 4. The summed E-state index contributed by atoms with van der Waals surface area (Å²) < 4.78 is 8.04. The number of aromatic nitrogens is 2. The molecule has 0 bridgehead atoms. The van der Waals surface area contributed by atoms with Crippen molar-refractivity contribution in [3.05, 3.63) is 22.2 Å². The zero-order valence-electron chi connectivity index (χ0n) is 16.4. The van der Waals surface area contributed by atoms with Crippen LogP contribution in [0.1, 0.15) is 66.7 Å². The van der Waals surface area contributed by atoms with Gasteiger partial charge in [0, 0.05) is 11.8 Å². The fourth-order valence-electron chi connectivity index (χ4n) is 3.45. The first-order valence-electron chi connectivity index (χ1n) is 8.83. The van der Waals surface area contributed by atoms with Gasteiger partial charge in [-0.1, -0.05) is 48.5 Å². The minimum Gasteiger partial charge on any atom is -0.383 e. The van der Waals surface area contributed by atoms with Crippen molar-refractivity contribution in [1.29, 1.82) is 0 Å². The molecule has 0 spiro atoms. The van der Waals surface area contributed by atoms with Crippen LogP contribution in [0.3, 0.4) is 0 Å². The molecular weight excluding hydrogens is 302 g/mol. The standard InChI is InChI=1S/C19H33N3O2/c1-11-10-22(17(23)21-16(11)20)14-9-13(19(6,7)8)15(24-14)12(2)18(3,4)5/h10,12-15H,9H2,1-8H3,(H2,20,21,23)/t12-,13-,14-,15-/m1/s1. The van der Waals surface area contributed by atoms with E-state index in [0.29, 0.717) is 17.7 Å². The van der Waals surface area contributed by atoms with Crippen LogP contribution in [0, 0.1) is 29.6 Å². The highest BCUT2D eigenvalue weighted by atomic mass is 16.5. The zero-order valence-corrected chi connectivity index (χ0v) is 16.4. The van der Waals surface area contributed by atoms with E-state index >= 15 is 0 Å². The van der Waals surface area contributed by atoms with Crippen LogP contribution in [0.15, 0.2) is 11.0 Å². The number of ether oxygens (including phenoxy) is 1. The third-order valence-corrected chi connectivity index (χ3v) is 5.62. The fourth-order valence-corrected chi connectivity index (χ4v) is 3.45. The van der Waals surface area contributed by atoms with Gasteiger partial charge >= 0.3 is 5.69 Å². The summed E-state index contributed by atoms with van der Waals surface area (Å²) in [7, 11) is 0. The lowest BCUT2D eigenvalue weighted by atomic mass is 9.68. The molecule has 0 saturated carbocycles. The average Bonchev–Trinajstić information content (AvgIpc) is 2.85. The molecule has 5 heteroatoms. The minimum atomic E-state index is -0.333. The molecule has 5 nitrogen and oxygen atoms in total. The Bertz CT molecular complexity index is 652. The maximum atomic E-state index is 12.3. The number of nitrogens with zero attached hydrogens (tertiary/aromatic N) is 2. The third-order valence-electron chi connectivity index (χ3n) is 5.62. The molecule has 1 aromatic heterocycles. The number of nitrogens with two attached hydrogens (primary N) is 1. The van der Waals surface area contributed by atoms with Crippen LogP contribution >= 0.6 is 0 Å². The molecule has 0 radical (unpaired) electrons. The maximum absolute atomic E-state index is 12.3. The van der Waals surface area contributed by atoms with Crippen LogP contribution < -0.4 is 11.4 Å². The largest absolute Gasteiger partial charge is 0.383 e. The third kappa shape index (κ3) is 3.66. The Hall–Kier alpha value is -1.36. The van der Waals surface area contributed by atoms with Crippen molar-refractivity contribution in [2.45, 2.75) is 74.1 Å². The van der Waals surface area contributed by atoms with Crippen molar-refractivity contribution in [2.75, 3.05) is 5.73 Å². The second kappa shape index (κ2) is 6.17. The Morgan fingerprint density at radius 3 is 2.38 bits per heavy atom. The summed E-state index contributed by atoms with van der Waals surface area (Å²) in [4.78, 5) is 16.2. The van der Waals surface area contributed by atoms with Crippen molar-refractivity contribution in [3.63, 3.8) is 0 Å². The van der Waals surface area contributed by atoms with Crippen molar-refractivity contribution >= 4 is 5.82 Å². The van der Waals surface area contributed by atoms with E-state index in [-0.39, 0.29) is 28.9 Å². The lowest BCUT2D eigenvalue weighted by Crippen LogP contribution is -2.38. The quantitative estimate of drug-likeness (QED) is 0.893. The van der Waals surface area contributed by atoms with E-state index in [1.807, 2.05) is 6.92 Å². The van der Waals surface area contributed by atoms with Gasteiger partial charge in [-0.05, 0) is 36.0 Å². The molecule has 136 valence electrons. The van der Waals surface area contributed by atoms with E-state index < -0.39 is 0 Å². The van der Waals surface area contributed by atoms with Crippen molar-refractivity contribution in [2.24, 2.45) is 22.7 Å². The molecule has 1 fully saturated rings. The van der Waals surface area contributed by atoms with Gasteiger partial charge in [0.25, 0.3) is 0 Å². The topological polar surface area (TPSA) is 70.1 Å². The smallest absolute Gasteiger partial charge is 0.351 e. The molecule has 2 rings (SSSR count). The van der Waals surface area contributed by atoms with E-state index in [1.54, 1.807) is 10.8 Å². The van der Waals surface area contributed by atoms with Gasteiger partial charge in [0.15, 0.2) is 0 Å². The summed E-state index contributed by atoms with van der Waals surface area (Å²) in [6.45, 7) is 17.6. The summed E-state index contributed by atoms with van der Waals surface area (Å²) in [6.07, 6.45) is 2.43. The second-order valence-corrected chi connectivity index (χ2v) is 9.42. The highest BCUT2D eigenvalue weighted by Crippen LogP contribution is 2.48. The Morgan fingerprint density at radius 2 is 1.88 bits per heavy atom. The van der Waals surface area contributed by atoms with Gasteiger partial charge in [-0.2, -0.15) is 4.98 Å². The van der Waals surface area contributed by atoms with Crippen LogP contribution in [0.25, 0.3) is 0 Å². The lowest BCUT2D eigenvalue weighted by Gasteiger charge is -2.39. The van der Waals surface area contributed by atoms with Gasteiger partial charge in [-0.25, -0.2) is 4.79 Å². The normalized spacial score (nSPS) is 26.6. The van der Waals surface area contributed by atoms with E-state index in [4.69, 9.17) is 10.5 Å². The first-order chi connectivity index (χ1) is 10.8. The van der Waals surface area contributed by atoms with Gasteiger partial charge in [0.05, 0.1) is 6.10 Å². The predicted octanol–water partition coefficient (Wildman–Crippen LogP) is 3.77. The van der Waals surface area contributed by atoms with E-state index in [2.05, 4.69) is 53.5 Å². The number of anilines is 1. The molecule has 24 heavy (non-hydrogen) atoms. The molecule has 2 heterocycles. The van der Waals surface area contributed by atoms with Crippen molar-refractivity contribution in [1.82, 2.24) is 9.55 Å². The molecule has 1 saturated heterocycles. The van der Waals surface area contributed by atoms with E-state index in [1.165, 1.54) is 0 Å². The van der Waals surface area contributed by atoms with Crippen LogP contribution in [-0.4, -0.2) is 15.7 Å². The summed E-state index contributed by atoms with van der Waals surface area (Å²) in [5, 5.41) is 0. The second-order valence-electron chi connectivity index (χ2n) is 9.42. The summed E-state index contributed by atoms with van der Waals surface area (Å²) >= 11 is 0. The Balaban J connectivity index is 2.40. The number of rotatable bonds is 2. The van der Waals surface area contributed by atoms with Crippen LogP contribution in [-0.2, 0) is 4.74 Å². The number of hydrogen-bond donors (Lipinski definition) is 1. The molecular formula is C19H33N3O2. The van der Waals surface area contributed by atoms with Gasteiger partial charge in [0.2, 0.25) is 0 Å². The molecule has 0 unspecified atom stereocenters. The Morgan fingerprint density at radius 1 is 1.29 bits per heavy atom. The fraction of sp³-hybridized carbons (Fsp3) is 0.789. The summed E-state index contributed by atoms with van der Waals surface area (Å²) in [5.41, 5.74) is 6.47. The number of aryl methyl sites for hydroxylation is 1. The van der Waals surface area contributed by atoms with Crippen molar-refractivity contribution in [3.8, 4) is 0 Å². The highest BCUT2D eigenvalue weighted by molar-refractivity contribution is 5.35.